The van der Waals surface area contributed by atoms with Crippen LogP contribution in [-0.2, 0) is 9.47 Å². The quantitative estimate of drug-likeness (QED) is 0.546. The van der Waals surface area contributed by atoms with Crippen LogP contribution in [0.1, 0.15) is 70.0 Å². The van der Waals surface area contributed by atoms with Crippen molar-refractivity contribution < 1.29 is 23.0 Å². The van der Waals surface area contributed by atoms with Gasteiger partial charge in [-0.25, -0.2) is 4.39 Å². The molecule has 2 heterocycles. The molecular weight excluding hydrogens is 362 g/mol. The summed E-state index contributed by atoms with van der Waals surface area (Å²) in [5.41, 5.74) is 0.293. The van der Waals surface area contributed by atoms with Crippen LogP contribution in [0.15, 0.2) is 12.1 Å². The first kappa shape index (κ1) is 20.1. The molecule has 2 aliphatic heterocycles. The van der Waals surface area contributed by atoms with E-state index in [1.807, 2.05) is 0 Å². The molecule has 2 saturated heterocycles. The molecule has 3 nitrogen and oxygen atoms in total. The van der Waals surface area contributed by atoms with E-state index in [1.54, 1.807) is 6.07 Å². The van der Waals surface area contributed by atoms with Gasteiger partial charge in [-0.1, -0.05) is 13.3 Å². The lowest BCUT2D eigenvalue weighted by Gasteiger charge is -2.37. The van der Waals surface area contributed by atoms with E-state index in [0.29, 0.717) is 36.7 Å². The summed E-state index contributed by atoms with van der Waals surface area (Å²) in [6.45, 7) is 4.06. The Labute approximate surface area is 166 Å². The lowest BCUT2D eigenvalue weighted by molar-refractivity contribution is -0.0428. The molecule has 5 heteroatoms. The maximum absolute atomic E-state index is 14.2. The summed E-state index contributed by atoms with van der Waals surface area (Å²) in [6, 6.07) is 3.12. The Kier molecular flexibility index (Phi) is 6.52. The maximum atomic E-state index is 14.2. The van der Waals surface area contributed by atoms with Crippen molar-refractivity contribution in [3.63, 3.8) is 0 Å². The molecule has 0 bridgehead atoms. The average Bonchev–Trinajstić information content (AvgIpc) is 3.56. The van der Waals surface area contributed by atoms with E-state index in [2.05, 4.69) is 6.92 Å². The molecule has 0 spiro atoms. The monoisotopic (exact) mass is 394 g/mol. The number of rotatable bonds is 7. The van der Waals surface area contributed by atoms with Crippen LogP contribution in [0.2, 0.25) is 0 Å². The molecule has 1 aromatic rings. The molecule has 3 fully saturated rings. The molecular formula is C23H32F2O3. The highest BCUT2D eigenvalue weighted by atomic mass is 19.2. The van der Waals surface area contributed by atoms with Crippen LogP contribution in [0.5, 0.6) is 5.75 Å². The van der Waals surface area contributed by atoms with Crippen LogP contribution in [0.4, 0.5) is 8.78 Å². The zero-order valence-corrected chi connectivity index (χ0v) is 16.8. The second kappa shape index (κ2) is 9.08. The van der Waals surface area contributed by atoms with Crippen LogP contribution in [0, 0.1) is 29.4 Å². The van der Waals surface area contributed by atoms with Crippen LogP contribution in [0.3, 0.4) is 0 Å². The standard InChI is InChI=1S/C23H32F2O3/c1-2-3-18-9-8-17(13-26-18)16-6-4-15(5-7-16)12-27-20-11-10-19(21-14-28-21)22(24)23(20)25/h10-11,15-18,21H,2-9,12-14H2,1H3. The van der Waals surface area contributed by atoms with E-state index < -0.39 is 11.6 Å². The predicted molar refractivity (Wildman–Crippen MR) is 103 cm³/mol. The summed E-state index contributed by atoms with van der Waals surface area (Å²) in [7, 11) is 0. The Hall–Kier alpha value is -1.20. The van der Waals surface area contributed by atoms with E-state index in [-0.39, 0.29) is 11.9 Å². The van der Waals surface area contributed by atoms with Crippen molar-refractivity contribution in [2.45, 2.75) is 70.5 Å². The minimum atomic E-state index is -0.886. The van der Waals surface area contributed by atoms with Crippen LogP contribution >= 0.6 is 0 Å². The second-order valence-electron chi connectivity index (χ2n) is 8.78. The molecule has 1 aliphatic carbocycles. The van der Waals surface area contributed by atoms with E-state index in [9.17, 15) is 8.78 Å². The van der Waals surface area contributed by atoms with Gasteiger partial charge >= 0.3 is 0 Å². The van der Waals surface area contributed by atoms with Crippen molar-refractivity contribution in [1.82, 2.24) is 0 Å². The van der Waals surface area contributed by atoms with Gasteiger partial charge in [-0.2, -0.15) is 4.39 Å². The van der Waals surface area contributed by atoms with E-state index >= 15 is 0 Å². The lowest BCUT2D eigenvalue weighted by Crippen LogP contribution is -2.33. The Morgan fingerprint density at radius 2 is 1.68 bits per heavy atom. The van der Waals surface area contributed by atoms with E-state index in [0.717, 1.165) is 25.4 Å². The summed E-state index contributed by atoms with van der Waals surface area (Å²) < 4.78 is 45.1. The molecule has 1 aromatic carbocycles. The molecule has 3 atom stereocenters. The molecule has 0 aromatic heterocycles. The molecule has 156 valence electrons. The average molecular weight is 395 g/mol. The van der Waals surface area contributed by atoms with Crippen molar-refractivity contribution in [1.29, 1.82) is 0 Å². The SMILES string of the molecule is CCCC1CCC(C2CCC(COc3ccc(C4CO4)c(F)c3F)CC2)CO1. The molecule has 3 aliphatic rings. The summed E-state index contributed by atoms with van der Waals surface area (Å²) in [4.78, 5) is 0. The first-order valence-electron chi connectivity index (χ1n) is 11.0. The zero-order chi connectivity index (χ0) is 19.5. The molecule has 4 rings (SSSR count). The van der Waals surface area contributed by atoms with Gasteiger partial charge in [0.2, 0.25) is 5.82 Å². The zero-order valence-electron chi connectivity index (χ0n) is 16.8. The highest BCUT2D eigenvalue weighted by Crippen LogP contribution is 2.39. The normalized spacial score (nSPS) is 32.9. The first-order chi connectivity index (χ1) is 13.7. The number of benzene rings is 1. The number of halogens is 2. The lowest BCUT2D eigenvalue weighted by atomic mass is 9.74. The van der Waals surface area contributed by atoms with Crippen LogP contribution < -0.4 is 4.74 Å². The fourth-order valence-corrected chi connectivity index (χ4v) is 4.92. The van der Waals surface area contributed by atoms with Gasteiger partial charge in [-0.15, -0.1) is 0 Å². The number of hydrogen-bond donors (Lipinski definition) is 0. The second-order valence-corrected chi connectivity index (χ2v) is 8.78. The van der Waals surface area contributed by atoms with Gasteiger partial charge in [0.25, 0.3) is 0 Å². The van der Waals surface area contributed by atoms with Crippen molar-refractivity contribution >= 4 is 0 Å². The molecule has 0 radical (unpaired) electrons. The number of epoxide rings is 1. The Bertz CT molecular complexity index is 645. The molecule has 3 unspecified atom stereocenters. The number of ether oxygens (including phenoxy) is 3. The van der Waals surface area contributed by atoms with Gasteiger partial charge < -0.3 is 14.2 Å². The fraction of sp³-hybridized carbons (Fsp3) is 0.739. The highest BCUT2D eigenvalue weighted by Gasteiger charge is 2.32. The summed E-state index contributed by atoms with van der Waals surface area (Å²) in [5, 5.41) is 0. The van der Waals surface area contributed by atoms with Crippen molar-refractivity contribution in [3.05, 3.63) is 29.3 Å². The van der Waals surface area contributed by atoms with Gasteiger partial charge in [0, 0.05) is 5.56 Å². The first-order valence-corrected chi connectivity index (χ1v) is 11.0. The molecule has 0 amide bonds. The van der Waals surface area contributed by atoms with Crippen LogP contribution in [-0.4, -0.2) is 25.9 Å². The van der Waals surface area contributed by atoms with Gasteiger partial charge in [0.05, 0.1) is 25.9 Å². The predicted octanol–water partition coefficient (Wildman–Crippen LogP) is 5.82. The summed E-state index contributed by atoms with van der Waals surface area (Å²) in [5.74, 6) is 0.156. The van der Waals surface area contributed by atoms with Gasteiger partial charge in [0.1, 0.15) is 6.10 Å². The minimum Gasteiger partial charge on any atom is -0.490 e. The fourth-order valence-electron chi connectivity index (χ4n) is 4.92. The van der Waals surface area contributed by atoms with Crippen molar-refractivity contribution in [2.75, 3.05) is 19.8 Å². The van der Waals surface area contributed by atoms with Crippen molar-refractivity contribution in [3.8, 4) is 5.75 Å². The molecule has 0 N–H and O–H groups in total. The van der Waals surface area contributed by atoms with Crippen LogP contribution in [0.25, 0.3) is 0 Å². The summed E-state index contributed by atoms with van der Waals surface area (Å²) in [6.07, 6.45) is 9.62. The maximum Gasteiger partial charge on any atom is 0.200 e. The van der Waals surface area contributed by atoms with Gasteiger partial charge in [-0.3, -0.25) is 0 Å². The highest BCUT2D eigenvalue weighted by molar-refractivity contribution is 5.33. The minimum absolute atomic E-state index is 0.0201. The third kappa shape index (κ3) is 4.68. The topological polar surface area (TPSA) is 31.0 Å². The largest absolute Gasteiger partial charge is 0.490 e. The molecule has 1 saturated carbocycles. The van der Waals surface area contributed by atoms with Gasteiger partial charge in [0.15, 0.2) is 11.6 Å². The Morgan fingerprint density at radius 3 is 2.32 bits per heavy atom. The Balaban J connectivity index is 1.21. The third-order valence-electron chi connectivity index (χ3n) is 6.81. The Morgan fingerprint density at radius 1 is 0.929 bits per heavy atom. The number of hydrogen-bond acceptors (Lipinski definition) is 3. The van der Waals surface area contributed by atoms with E-state index in [1.165, 1.54) is 44.6 Å². The summed E-state index contributed by atoms with van der Waals surface area (Å²) >= 11 is 0. The van der Waals surface area contributed by atoms with Gasteiger partial charge in [-0.05, 0) is 74.8 Å². The molecule has 28 heavy (non-hydrogen) atoms. The van der Waals surface area contributed by atoms with E-state index in [4.69, 9.17) is 14.2 Å². The smallest absolute Gasteiger partial charge is 0.200 e. The van der Waals surface area contributed by atoms with Crippen molar-refractivity contribution in [2.24, 2.45) is 17.8 Å². The third-order valence-corrected chi connectivity index (χ3v) is 6.81.